The van der Waals surface area contributed by atoms with E-state index in [9.17, 15) is 14.4 Å². The number of likely N-dealkylation sites (tertiary alicyclic amines) is 1. The highest BCUT2D eigenvalue weighted by Crippen LogP contribution is 2.35. The Labute approximate surface area is 197 Å². The molecule has 4 heterocycles. The molecule has 8 nitrogen and oxygen atoms in total. The molecule has 2 aromatic rings. The van der Waals surface area contributed by atoms with Gasteiger partial charge in [-0.3, -0.25) is 29.6 Å². The predicted molar refractivity (Wildman–Crippen MR) is 120 cm³/mol. The first-order chi connectivity index (χ1) is 16.4. The topological polar surface area (TPSA) is 91.8 Å². The molecule has 1 aromatic heterocycles. The van der Waals surface area contributed by atoms with Crippen molar-refractivity contribution >= 4 is 17.7 Å². The molecule has 1 unspecified atom stereocenters. The molecule has 0 saturated carbocycles. The molecule has 3 aliphatic rings. The molecule has 0 aliphatic carbocycles. The van der Waals surface area contributed by atoms with Crippen LogP contribution in [-0.2, 0) is 22.7 Å². The lowest BCUT2D eigenvalue weighted by molar-refractivity contribution is -0.136. The summed E-state index contributed by atoms with van der Waals surface area (Å²) in [5, 5.41) is 2.29. The molecule has 3 aliphatic heterocycles. The van der Waals surface area contributed by atoms with Gasteiger partial charge in [-0.2, -0.15) is 0 Å². The van der Waals surface area contributed by atoms with Crippen molar-refractivity contribution in [3.8, 4) is 5.75 Å². The molecule has 1 N–H and O–H groups in total. The summed E-state index contributed by atoms with van der Waals surface area (Å²) in [6.45, 7) is 2.61. The number of nitrogens with one attached hydrogen (secondary N) is 1. The molecule has 2 fully saturated rings. The second-order valence-electron chi connectivity index (χ2n) is 9.17. The van der Waals surface area contributed by atoms with Gasteiger partial charge in [0.05, 0.1) is 12.8 Å². The number of methoxy groups -OCH3 is 1. The molecule has 0 radical (unpaired) electrons. The van der Waals surface area contributed by atoms with Gasteiger partial charge in [0.15, 0.2) is 0 Å². The number of aromatic nitrogens is 1. The van der Waals surface area contributed by atoms with Gasteiger partial charge >= 0.3 is 0 Å². The Balaban J connectivity index is 1.26. The highest BCUT2D eigenvalue weighted by atomic mass is 19.1. The van der Waals surface area contributed by atoms with E-state index in [0.717, 1.165) is 42.9 Å². The van der Waals surface area contributed by atoms with Gasteiger partial charge in [0.1, 0.15) is 17.6 Å². The van der Waals surface area contributed by atoms with E-state index in [-0.39, 0.29) is 36.5 Å². The molecule has 178 valence electrons. The van der Waals surface area contributed by atoms with Crippen molar-refractivity contribution in [3.63, 3.8) is 0 Å². The zero-order chi connectivity index (χ0) is 23.8. The minimum atomic E-state index is -0.697. The molecular weight excluding hydrogens is 439 g/mol. The first-order valence-electron chi connectivity index (χ1n) is 11.6. The standard InChI is InChI=1S/C25H27FN4O4/c1-34-18-4-7-27-17(11-18)14-29-8-5-15(6-9-29)19-10-16-13-30(25(33)20(16)12-21(19)26)22-2-3-23(31)28-24(22)32/h4,7,10-12,15,22H,2-3,5-6,8-9,13-14H2,1H3,(H,28,31,32). The SMILES string of the molecule is COc1ccnc(CN2CCC(c3cc4c(cc3F)C(=O)N(C3CCC(=O)NC3=O)C4)CC2)c1. The van der Waals surface area contributed by atoms with Crippen molar-refractivity contribution in [1.29, 1.82) is 0 Å². The normalized spacial score (nSPS) is 21.5. The zero-order valence-electron chi connectivity index (χ0n) is 19.1. The summed E-state index contributed by atoms with van der Waals surface area (Å²) < 4.78 is 20.4. The van der Waals surface area contributed by atoms with Crippen LogP contribution in [0.15, 0.2) is 30.5 Å². The molecule has 0 spiro atoms. The molecule has 3 amide bonds. The van der Waals surface area contributed by atoms with Crippen LogP contribution in [0.3, 0.4) is 0 Å². The number of pyridine rings is 1. The third-order valence-corrected chi connectivity index (χ3v) is 7.08. The second-order valence-corrected chi connectivity index (χ2v) is 9.17. The lowest BCUT2D eigenvalue weighted by Crippen LogP contribution is -2.52. The summed E-state index contributed by atoms with van der Waals surface area (Å²) in [6, 6.07) is 6.18. The minimum Gasteiger partial charge on any atom is -0.497 e. The van der Waals surface area contributed by atoms with Gasteiger partial charge in [-0.15, -0.1) is 0 Å². The number of imide groups is 1. The van der Waals surface area contributed by atoms with E-state index in [1.165, 1.54) is 11.0 Å². The van der Waals surface area contributed by atoms with Crippen LogP contribution in [0.2, 0.25) is 0 Å². The second kappa shape index (κ2) is 9.13. The summed E-state index contributed by atoms with van der Waals surface area (Å²) in [5.41, 5.74) is 2.63. The van der Waals surface area contributed by atoms with E-state index >= 15 is 4.39 Å². The molecule has 9 heteroatoms. The largest absolute Gasteiger partial charge is 0.497 e. The highest BCUT2D eigenvalue weighted by Gasteiger charge is 2.40. The lowest BCUT2D eigenvalue weighted by Gasteiger charge is -2.32. The van der Waals surface area contributed by atoms with E-state index in [1.807, 2.05) is 12.1 Å². The Bertz CT molecular complexity index is 1150. The van der Waals surface area contributed by atoms with Crippen LogP contribution in [0.4, 0.5) is 4.39 Å². The fourth-order valence-corrected chi connectivity index (χ4v) is 5.22. The summed E-state index contributed by atoms with van der Waals surface area (Å²) in [4.78, 5) is 44.8. The number of piperidine rings is 2. The number of carbonyl (C=O) groups is 3. The number of carbonyl (C=O) groups excluding carboxylic acids is 3. The molecule has 5 rings (SSSR count). The van der Waals surface area contributed by atoms with Gasteiger partial charge in [0, 0.05) is 37.3 Å². The summed E-state index contributed by atoms with van der Waals surface area (Å²) >= 11 is 0. The van der Waals surface area contributed by atoms with Crippen molar-refractivity contribution in [3.05, 3.63) is 58.7 Å². The number of hydrogen-bond donors (Lipinski definition) is 1. The summed E-state index contributed by atoms with van der Waals surface area (Å²) in [7, 11) is 1.63. The molecule has 1 atom stereocenters. The summed E-state index contributed by atoms with van der Waals surface area (Å²) in [6.07, 6.45) is 3.84. The lowest BCUT2D eigenvalue weighted by atomic mass is 9.87. The number of nitrogens with zero attached hydrogens (tertiary/aromatic N) is 3. The summed E-state index contributed by atoms with van der Waals surface area (Å²) in [5.74, 6) is -0.662. The van der Waals surface area contributed by atoms with Gasteiger partial charge in [0.2, 0.25) is 11.8 Å². The van der Waals surface area contributed by atoms with Crippen LogP contribution in [0.1, 0.15) is 58.8 Å². The van der Waals surface area contributed by atoms with Crippen LogP contribution in [0.5, 0.6) is 5.75 Å². The maximum absolute atomic E-state index is 15.1. The number of ether oxygens (including phenoxy) is 1. The Morgan fingerprint density at radius 3 is 2.68 bits per heavy atom. The first kappa shape index (κ1) is 22.5. The number of halogens is 1. The Hall–Kier alpha value is -3.33. The van der Waals surface area contributed by atoms with Crippen LogP contribution in [0.25, 0.3) is 0 Å². The average Bonchev–Trinajstić information content (AvgIpc) is 3.14. The number of hydrogen-bond acceptors (Lipinski definition) is 6. The molecule has 34 heavy (non-hydrogen) atoms. The number of benzene rings is 1. The third kappa shape index (κ3) is 4.27. The Morgan fingerprint density at radius 2 is 1.94 bits per heavy atom. The minimum absolute atomic E-state index is 0.0690. The quantitative estimate of drug-likeness (QED) is 0.681. The van der Waals surface area contributed by atoms with Crippen molar-refractivity contribution in [2.24, 2.45) is 0 Å². The molecule has 1 aromatic carbocycles. The fraction of sp³-hybridized carbons (Fsp3) is 0.440. The number of amides is 3. The monoisotopic (exact) mass is 466 g/mol. The molecule has 2 saturated heterocycles. The van der Waals surface area contributed by atoms with Crippen molar-refractivity contribution in [1.82, 2.24) is 20.1 Å². The third-order valence-electron chi connectivity index (χ3n) is 7.08. The van der Waals surface area contributed by atoms with Crippen LogP contribution < -0.4 is 10.1 Å². The van der Waals surface area contributed by atoms with Gasteiger partial charge in [-0.1, -0.05) is 6.07 Å². The van der Waals surface area contributed by atoms with E-state index < -0.39 is 11.9 Å². The van der Waals surface area contributed by atoms with Crippen molar-refractivity contribution in [2.75, 3.05) is 20.2 Å². The first-order valence-corrected chi connectivity index (χ1v) is 11.6. The van der Waals surface area contributed by atoms with Crippen LogP contribution in [0, 0.1) is 5.82 Å². The van der Waals surface area contributed by atoms with E-state index in [1.54, 1.807) is 19.4 Å². The highest BCUT2D eigenvalue weighted by molar-refractivity contribution is 6.05. The zero-order valence-corrected chi connectivity index (χ0v) is 19.1. The molecule has 0 bridgehead atoms. The van der Waals surface area contributed by atoms with Gasteiger partial charge in [-0.25, -0.2) is 4.39 Å². The van der Waals surface area contributed by atoms with Crippen molar-refractivity contribution < 1.29 is 23.5 Å². The average molecular weight is 467 g/mol. The Kier molecular flexibility index (Phi) is 6.03. The number of rotatable bonds is 5. The maximum Gasteiger partial charge on any atom is 0.255 e. The number of fused-ring (bicyclic) bond motifs is 1. The van der Waals surface area contributed by atoms with Gasteiger partial charge in [-0.05, 0) is 61.5 Å². The van der Waals surface area contributed by atoms with Crippen molar-refractivity contribution in [2.45, 2.75) is 50.7 Å². The maximum atomic E-state index is 15.1. The Morgan fingerprint density at radius 1 is 1.15 bits per heavy atom. The van der Waals surface area contributed by atoms with Crippen LogP contribution in [-0.4, -0.2) is 58.7 Å². The molecular formula is C25H27FN4O4. The van der Waals surface area contributed by atoms with Gasteiger partial charge < -0.3 is 9.64 Å². The van der Waals surface area contributed by atoms with E-state index in [2.05, 4.69) is 15.2 Å². The fourth-order valence-electron chi connectivity index (χ4n) is 5.22. The van der Waals surface area contributed by atoms with E-state index in [0.29, 0.717) is 24.1 Å². The van der Waals surface area contributed by atoms with Crippen LogP contribution >= 0.6 is 0 Å². The van der Waals surface area contributed by atoms with E-state index in [4.69, 9.17) is 4.74 Å². The predicted octanol–water partition coefficient (Wildman–Crippen LogP) is 2.37. The van der Waals surface area contributed by atoms with Gasteiger partial charge in [0.25, 0.3) is 5.91 Å². The smallest absolute Gasteiger partial charge is 0.255 e.